The minimum Gasteiger partial charge on any atom is -0.252 e. The van der Waals surface area contributed by atoms with E-state index in [1.165, 1.54) is 64.3 Å². The molecule has 228 valence electrons. The number of rotatable bonds is 4. The summed E-state index contributed by atoms with van der Waals surface area (Å²) in [6, 6.07) is 58.8. The van der Waals surface area contributed by atoms with E-state index < -0.39 is 0 Å². The van der Waals surface area contributed by atoms with Gasteiger partial charge in [0.05, 0.1) is 22.9 Å². The van der Waals surface area contributed by atoms with Gasteiger partial charge in [0.15, 0.2) is 0 Å². The molecule has 0 atom stereocenters. The molecule has 10 rings (SSSR count). The maximum atomic E-state index is 5.36. The van der Waals surface area contributed by atoms with Gasteiger partial charge < -0.3 is 0 Å². The number of nitrogens with zero attached hydrogens (tertiary/aromatic N) is 2. The van der Waals surface area contributed by atoms with Crippen molar-refractivity contribution in [3.05, 3.63) is 170 Å². The molecule has 0 saturated carbocycles. The molecular weight excluding hydrogens is 613 g/mol. The average Bonchev–Trinajstić information content (AvgIpc) is 3.56. The molecule has 0 aliphatic carbocycles. The number of fused-ring (bicyclic) bond motifs is 9. The largest absolute Gasteiger partial charge is 0.252 e. The number of hydrogen-bond donors (Lipinski definition) is 0. The summed E-state index contributed by atoms with van der Waals surface area (Å²) in [5.74, 6) is 0. The summed E-state index contributed by atoms with van der Waals surface area (Å²) in [6.45, 7) is 0. The van der Waals surface area contributed by atoms with Crippen LogP contribution in [0.5, 0.6) is 0 Å². The smallest absolute Gasteiger partial charge is 0.0979 e. The van der Waals surface area contributed by atoms with Gasteiger partial charge in [0.25, 0.3) is 0 Å². The first-order valence-corrected chi connectivity index (χ1v) is 17.4. The molecule has 49 heavy (non-hydrogen) atoms. The van der Waals surface area contributed by atoms with Crippen molar-refractivity contribution in [2.45, 2.75) is 0 Å². The summed E-state index contributed by atoms with van der Waals surface area (Å²) in [7, 11) is 0. The van der Waals surface area contributed by atoms with E-state index in [9.17, 15) is 0 Å². The molecule has 0 N–H and O–H groups in total. The molecule has 0 saturated heterocycles. The van der Waals surface area contributed by atoms with Gasteiger partial charge in [-0.2, -0.15) is 0 Å². The van der Waals surface area contributed by atoms with Crippen molar-refractivity contribution in [2.75, 3.05) is 0 Å². The predicted octanol–water partition coefficient (Wildman–Crippen LogP) is 13.0. The zero-order chi connectivity index (χ0) is 32.3. The summed E-state index contributed by atoms with van der Waals surface area (Å²) >= 11 is 1.85. The van der Waals surface area contributed by atoms with Gasteiger partial charge in [-0.1, -0.05) is 127 Å². The molecule has 0 amide bonds. The van der Waals surface area contributed by atoms with E-state index in [2.05, 4.69) is 164 Å². The van der Waals surface area contributed by atoms with Crippen molar-refractivity contribution in [1.29, 1.82) is 0 Å². The Bertz CT molecular complexity index is 2870. The van der Waals surface area contributed by atoms with Crippen LogP contribution in [0.25, 0.3) is 97.4 Å². The molecule has 0 radical (unpaired) electrons. The molecule has 8 aromatic carbocycles. The first kappa shape index (κ1) is 27.9. The highest BCUT2D eigenvalue weighted by molar-refractivity contribution is 7.25. The molecule has 2 heterocycles. The van der Waals surface area contributed by atoms with Crippen LogP contribution in [0, 0.1) is 0 Å². The van der Waals surface area contributed by atoms with Crippen molar-refractivity contribution in [3.8, 4) is 44.6 Å². The van der Waals surface area contributed by atoms with Crippen LogP contribution in [-0.2, 0) is 0 Å². The Morgan fingerprint density at radius 3 is 1.59 bits per heavy atom. The summed E-state index contributed by atoms with van der Waals surface area (Å²) in [4.78, 5) is 10.5. The minimum absolute atomic E-state index is 0.866. The molecule has 0 bridgehead atoms. The Kier molecular flexibility index (Phi) is 6.39. The second kappa shape index (κ2) is 11.2. The van der Waals surface area contributed by atoms with Crippen LogP contribution in [0.1, 0.15) is 0 Å². The zero-order valence-electron chi connectivity index (χ0n) is 26.5. The molecule has 3 heteroatoms. The summed E-state index contributed by atoms with van der Waals surface area (Å²) in [5.41, 5.74) is 10.9. The predicted molar refractivity (Wildman–Crippen MR) is 209 cm³/mol. The summed E-state index contributed by atoms with van der Waals surface area (Å²) in [5, 5.41) is 7.19. The van der Waals surface area contributed by atoms with Crippen LogP contribution >= 0.6 is 11.3 Å². The van der Waals surface area contributed by atoms with E-state index in [0.717, 1.165) is 33.1 Å². The molecule has 0 unspecified atom stereocenters. The lowest BCUT2D eigenvalue weighted by Gasteiger charge is -2.14. The normalized spacial score (nSPS) is 11.7. The Labute approximate surface area is 287 Å². The van der Waals surface area contributed by atoms with Gasteiger partial charge in [0.1, 0.15) is 0 Å². The highest BCUT2D eigenvalue weighted by atomic mass is 32.1. The van der Waals surface area contributed by atoms with E-state index >= 15 is 0 Å². The van der Waals surface area contributed by atoms with E-state index in [-0.39, 0.29) is 0 Å². The van der Waals surface area contributed by atoms with E-state index in [1.807, 2.05) is 17.5 Å². The van der Waals surface area contributed by atoms with Gasteiger partial charge in [-0.15, -0.1) is 11.3 Å². The third kappa shape index (κ3) is 4.70. The van der Waals surface area contributed by atoms with Crippen molar-refractivity contribution in [2.24, 2.45) is 0 Å². The summed E-state index contributed by atoms with van der Waals surface area (Å²) < 4.78 is 2.63. The quantitative estimate of drug-likeness (QED) is 0.179. The average molecular weight is 641 g/mol. The Balaban J connectivity index is 1.15. The van der Waals surface area contributed by atoms with Crippen molar-refractivity contribution >= 4 is 64.1 Å². The van der Waals surface area contributed by atoms with Gasteiger partial charge in [-0.25, -0.2) is 4.98 Å². The lowest BCUT2D eigenvalue weighted by Crippen LogP contribution is -1.93. The van der Waals surface area contributed by atoms with Crippen molar-refractivity contribution in [1.82, 2.24) is 9.97 Å². The monoisotopic (exact) mass is 640 g/mol. The molecule has 10 aromatic rings. The Morgan fingerprint density at radius 2 is 0.857 bits per heavy atom. The maximum absolute atomic E-state index is 5.36. The van der Waals surface area contributed by atoms with Gasteiger partial charge in [0.2, 0.25) is 0 Å². The minimum atomic E-state index is 0.866. The van der Waals surface area contributed by atoms with E-state index in [4.69, 9.17) is 9.97 Å². The number of aromatic nitrogens is 2. The number of benzene rings is 8. The zero-order valence-corrected chi connectivity index (χ0v) is 27.3. The molecule has 0 fully saturated rings. The van der Waals surface area contributed by atoms with Crippen LogP contribution < -0.4 is 0 Å². The lowest BCUT2D eigenvalue weighted by atomic mass is 9.93. The van der Waals surface area contributed by atoms with Crippen LogP contribution in [0.4, 0.5) is 0 Å². The van der Waals surface area contributed by atoms with E-state index in [0.29, 0.717) is 0 Å². The number of thiophene rings is 1. The fourth-order valence-corrected chi connectivity index (χ4v) is 8.33. The third-order valence-electron chi connectivity index (χ3n) is 9.69. The standard InChI is InChI=1S/C46H28N2S/c1-3-10-29(11-4-1)32-18-21-37-39(25-32)40-26-33(30-12-5-2-6-13-30)19-22-38(40)46-45(37)47-28-42(48-46)35-15-9-14-31(24-35)34-20-23-44-41(27-34)36-16-7-8-17-43(36)49-44/h1-28H. The SMILES string of the molecule is c1ccc(-c2ccc3c(c2)c2cc(-c4ccccc4)ccc2c2nc(-c4cccc(-c5ccc6sc7ccccc7c6c5)c4)cnc32)cc1. The van der Waals surface area contributed by atoms with E-state index in [1.54, 1.807) is 0 Å². The maximum Gasteiger partial charge on any atom is 0.0979 e. The third-order valence-corrected chi connectivity index (χ3v) is 10.8. The first-order valence-electron chi connectivity index (χ1n) is 16.6. The second-order valence-electron chi connectivity index (χ2n) is 12.6. The van der Waals surface area contributed by atoms with Gasteiger partial charge in [-0.3, -0.25) is 4.98 Å². The fourth-order valence-electron chi connectivity index (χ4n) is 7.24. The van der Waals surface area contributed by atoms with Crippen molar-refractivity contribution in [3.63, 3.8) is 0 Å². The molecule has 0 spiro atoms. The fraction of sp³-hybridized carbons (Fsp3) is 0. The Hall–Kier alpha value is -6.16. The summed E-state index contributed by atoms with van der Waals surface area (Å²) in [6.07, 6.45) is 1.94. The highest BCUT2D eigenvalue weighted by Gasteiger charge is 2.15. The molecule has 0 aliphatic rings. The van der Waals surface area contributed by atoms with Gasteiger partial charge in [-0.05, 0) is 80.6 Å². The Morgan fingerprint density at radius 1 is 0.327 bits per heavy atom. The van der Waals surface area contributed by atoms with Gasteiger partial charge >= 0.3 is 0 Å². The topological polar surface area (TPSA) is 25.8 Å². The van der Waals surface area contributed by atoms with Crippen LogP contribution in [0.15, 0.2) is 170 Å². The van der Waals surface area contributed by atoms with Crippen molar-refractivity contribution < 1.29 is 0 Å². The first-order chi connectivity index (χ1) is 24.3. The molecular formula is C46H28N2S. The highest BCUT2D eigenvalue weighted by Crippen LogP contribution is 2.40. The molecule has 2 aromatic heterocycles. The van der Waals surface area contributed by atoms with Crippen LogP contribution in [0.3, 0.4) is 0 Å². The number of hydrogen-bond acceptors (Lipinski definition) is 3. The van der Waals surface area contributed by atoms with Crippen LogP contribution in [-0.4, -0.2) is 9.97 Å². The second-order valence-corrected chi connectivity index (χ2v) is 13.7. The molecule has 2 nitrogen and oxygen atoms in total. The van der Waals surface area contributed by atoms with Gasteiger partial charge in [0, 0.05) is 36.5 Å². The van der Waals surface area contributed by atoms with Crippen LogP contribution in [0.2, 0.25) is 0 Å². The lowest BCUT2D eigenvalue weighted by molar-refractivity contribution is 1.31. The molecule has 0 aliphatic heterocycles.